The van der Waals surface area contributed by atoms with Crippen LogP contribution in [0.25, 0.3) is 0 Å². The largest absolute Gasteiger partial charge is 0.119 e. The molecule has 1 saturated carbocycles. The van der Waals surface area contributed by atoms with Crippen molar-refractivity contribution >= 4 is 23.2 Å². The van der Waals surface area contributed by atoms with Crippen LogP contribution in [0.2, 0.25) is 0 Å². The molecule has 142 valence electrons. The van der Waals surface area contributed by atoms with Crippen molar-refractivity contribution in [2.75, 3.05) is 0 Å². The van der Waals surface area contributed by atoms with Gasteiger partial charge in [0.1, 0.15) is 28.8 Å². The van der Waals surface area contributed by atoms with E-state index < -0.39 is 7.26 Å². The summed E-state index contributed by atoms with van der Waals surface area (Å²) in [7, 11) is -1.83. The molecule has 0 spiro atoms. The van der Waals surface area contributed by atoms with Crippen molar-refractivity contribution in [3.05, 3.63) is 103 Å². The van der Waals surface area contributed by atoms with Crippen molar-refractivity contribution < 1.29 is 0 Å². The monoisotopic (exact) mass is 385 g/mol. The number of rotatable bonds is 4. The molecular weight excluding hydrogens is 355 g/mol. The minimum atomic E-state index is -1.83. The topological polar surface area (TPSA) is 0 Å². The van der Waals surface area contributed by atoms with Gasteiger partial charge in [0.2, 0.25) is 0 Å². The van der Waals surface area contributed by atoms with Gasteiger partial charge in [0.25, 0.3) is 0 Å². The molecule has 1 atom stereocenters. The first-order valence-electron chi connectivity index (χ1n) is 10.6. The standard InChI is InChI=1S/C27H30P/c1-23-15-7-2-3-14-22-27(23)28(24-16-8-4-9-17-24,25-18-10-5-11-19-25)26-20-12-6-13-21-26/h4-6,8-13,16-21,27H,1-3,7,14-15,22H2/q+1. The fourth-order valence-electron chi connectivity index (χ4n) is 4.86. The predicted molar refractivity (Wildman–Crippen MR) is 126 cm³/mol. The minimum Gasteiger partial charge on any atom is -0.0959 e. The van der Waals surface area contributed by atoms with E-state index in [4.69, 9.17) is 0 Å². The SMILES string of the molecule is C=C1CCCCCCC1[P+](c1ccccc1)(c1ccccc1)c1ccccc1. The van der Waals surface area contributed by atoms with Gasteiger partial charge in [-0.25, -0.2) is 0 Å². The van der Waals surface area contributed by atoms with E-state index in [0.717, 1.165) is 0 Å². The van der Waals surface area contributed by atoms with Gasteiger partial charge in [0, 0.05) is 0 Å². The molecule has 0 radical (unpaired) electrons. The molecule has 1 fully saturated rings. The maximum absolute atomic E-state index is 4.67. The first-order chi connectivity index (χ1) is 13.8. The van der Waals surface area contributed by atoms with Crippen LogP contribution < -0.4 is 15.9 Å². The fourth-order valence-corrected chi connectivity index (χ4v) is 10.0. The summed E-state index contributed by atoms with van der Waals surface area (Å²) >= 11 is 0. The van der Waals surface area contributed by atoms with Gasteiger partial charge in [-0.15, -0.1) is 0 Å². The molecule has 3 aromatic carbocycles. The lowest BCUT2D eigenvalue weighted by Gasteiger charge is -2.37. The van der Waals surface area contributed by atoms with Gasteiger partial charge in [-0.1, -0.05) is 74.0 Å². The number of benzene rings is 3. The summed E-state index contributed by atoms with van der Waals surface area (Å²) in [6.45, 7) is 4.67. The van der Waals surface area contributed by atoms with Crippen molar-refractivity contribution in [3.63, 3.8) is 0 Å². The Morgan fingerprint density at radius 1 is 0.571 bits per heavy atom. The molecule has 0 N–H and O–H groups in total. The fraction of sp³-hybridized carbons (Fsp3) is 0.259. The van der Waals surface area contributed by atoms with E-state index in [2.05, 4.69) is 97.6 Å². The zero-order chi connectivity index (χ0) is 19.2. The molecule has 0 amide bonds. The highest BCUT2D eigenvalue weighted by molar-refractivity contribution is 7.96. The molecule has 3 aromatic rings. The number of allylic oxidation sites excluding steroid dienone is 1. The van der Waals surface area contributed by atoms with E-state index in [1.807, 2.05) is 0 Å². The minimum absolute atomic E-state index is 0.514. The summed E-state index contributed by atoms with van der Waals surface area (Å²) in [6, 6.07) is 33.8. The smallest absolute Gasteiger partial charge is 0.0959 e. The Morgan fingerprint density at radius 3 is 1.46 bits per heavy atom. The van der Waals surface area contributed by atoms with Crippen LogP contribution >= 0.6 is 7.26 Å². The lowest BCUT2D eigenvalue weighted by Crippen LogP contribution is -2.39. The van der Waals surface area contributed by atoms with E-state index in [0.29, 0.717) is 5.66 Å². The maximum Gasteiger partial charge on any atom is 0.119 e. The first-order valence-corrected chi connectivity index (χ1v) is 12.4. The van der Waals surface area contributed by atoms with E-state index in [-0.39, 0.29) is 0 Å². The Labute approximate surface area is 170 Å². The van der Waals surface area contributed by atoms with Crippen LogP contribution in [-0.4, -0.2) is 5.66 Å². The van der Waals surface area contributed by atoms with Crippen LogP contribution in [0.5, 0.6) is 0 Å². The normalized spacial score (nSPS) is 18.3. The summed E-state index contributed by atoms with van der Waals surface area (Å²) < 4.78 is 0. The third-order valence-electron chi connectivity index (χ3n) is 6.15. The summed E-state index contributed by atoms with van der Waals surface area (Å²) in [4.78, 5) is 0. The van der Waals surface area contributed by atoms with Gasteiger partial charge in [-0.05, 0) is 67.7 Å². The average Bonchev–Trinajstić information content (AvgIpc) is 2.75. The molecule has 1 aliphatic rings. The van der Waals surface area contributed by atoms with Crippen molar-refractivity contribution in [1.82, 2.24) is 0 Å². The van der Waals surface area contributed by atoms with Crippen LogP contribution in [0, 0.1) is 0 Å². The van der Waals surface area contributed by atoms with Crippen molar-refractivity contribution in [1.29, 1.82) is 0 Å². The Morgan fingerprint density at radius 2 is 1.00 bits per heavy atom. The Bertz CT molecular complexity index is 787. The summed E-state index contributed by atoms with van der Waals surface area (Å²) in [5.41, 5.74) is 1.98. The highest BCUT2D eigenvalue weighted by Gasteiger charge is 2.52. The summed E-state index contributed by atoms with van der Waals surface area (Å²) in [6.07, 6.45) is 7.69. The van der Waals surface area contributed by atoms with Gasteiger partial charge in [-0.2, -0.15) is 0 Å². The van der Waals surface area contributed by atoms with E-state index in [1.165, 1.54) is 60.0 Å². The molecule has 1 unspecified atom stereocenters. The van der Waals surface area contributed by atoms with E-state index >= 15 is 0 Å². The Balaban J connectivity index is 2.02. The van der Waals surface area contributed by atoms with Gasteiger partial charge in [-0.3, -0.25) is 0 Å². The highest BCUT2D eigenvalue weighted by Crippen LogP contribution is 2.63. The van der Waals surface area contributed by atoms with Gasteiger partial charge in [0.15, 0.2) is 0 Å². The summed E-state index contributed by atoms with van der Waals surface area (Å²) in [5, 5.41) is 4.46. The second-order valence-electron chi connectivity index (χ2n) is 7.86. The van der Waals surface area contributed by atoms with Crippen molar-refractivity contribution in [2.45, 2.75) is 44.2 Å². The zero-order valence-electron chi connectivity index (χ0n) is 16.6. The zero-order valence-corrected chi connectivity index (χ0v) is 17.5. The average molecular weight is 386 g/mol. The molecule has 0 saturated heterocycles. The van der Waals surface area contributed by atoms with Crippen LogP contribution in [-0.2, 0) is 0 Å². The first kappa shape index (κ1) is 19.2. The van der Waals surface area contributed by atoms with Crippen LogP contribution in [0.1, 0.15) is 38.5 Å². The van der Waals surface area contributed by atoms with Crippen LogP contribution in [0.3, 0.4) is 0 Å². The third kappa shape index (κ3) is 3.59. The second-order valence-corrected chi connectivity index (χ2v) is 11.5. The molecule has 4 rings (SSSR count). The van der Waals surface area contributed by atoms with Gasteiger partial charge >= 0.3 is 0 Å². The molecule has 1 heteroatoms. The lowest BCUT2D eigenvalue weighted by molar-refractivity contribution is 0.573. The predicted octanol–water partition coefficient (Wildman–Crippen LogP) is 6.26. The molecule has 1 aliphatic carbocycles. The second kappa shape index (κ2) is 8.89. The molecule has 0 bridgehead atoms. The third-order valence-corrected chi connectivity index (χ3v) is 11.1. The Kier molecular flexibility index (Phi) is 6.08. The molecule has 0 aromatic heterocycles. The lowest BCUT2D eigenvalue weighted by atomic mass is 9.97. The summed E-state index contributed by atoms with van der Waals surface area (Å²) in [5.74, 6) is 0. The van der Waals surface area contributed by atoms with Gasteiger partial charge in [0.05, 0.1) is 0 Å². The molecule has 0 aliphatic heterocycles. The highest BCUT2D eigenvalue weighted by atomic mass is 31.2. The number of hydrogen-bond donors (Lipinski definition) is 0. The van der Waals surface area contributed by atoms with Crippen molar-refractivity contribution in [3.8, 4) is 0 Å². The quantitative estimate of drug-likeness (QED) is 0.367. The van der Waals surface area contributed by atoms with E-state index in [9.17, 15) is 0 Å². The molecule has 0 heterocycles. The van der Waals surface area contributed by atoms with E-state index in [1.54, 1.807) is 0 Å². The molecule has 0 nitrogen and oxygen atoms in total. The Hall–Kier alpha value is -2.17. The molecule has 28 heavy (non-hydrogen) atoms. The van der Waals surface area contributed by atoms with Gasteiger partial charge < -0.3 is 0 Å². The molecular formula is C27H30P+. The maximum atomic E-state index is 4.67. The van der Waals surface area contributed by atoms with Crippen molar-refractivity contribution in [2.24, 2.45) is 0 Å². The van der Waals surface area contributed by atoms with Crippen LogP contribution in [0.4, 0.5) is 0 Å². The van der Waals surface area contributed by atoms with Crippen LogP contribution in [0.15, 0.2) is 103 Å². The number of hydrogen-bond acceptors (Lipinski definition) is 0.